The third-order valence-corrected chi connectivity index (χ3v) is 3.70. The smallest absolute Gasteiger partial charge is 0.335 e. The lowest BCUT2D eigenvalue weighted by molar-refractivity contribution is 0.0697. The van der Waals surface area contributed by atoms with Crippen LogP contribution in [0.5, 0.6) is 0 Å². The van der Waals surface area contributed by atoms with E-state index in [0.717, 1.165) is 5.56 Å². The van der Waals surface area contributed by atoms with Gasteiger partial charge in [0.05, 0.1) is 26.3 Å². The van der Waals surface area contributed by atoms with Crippen LogP contribution in [-0.2, 0) is 6.54 Å². The second kappa shape index (κ2) is 6.35. The molecule has 0 aromatic heterocycles. The fourth-order valence-corrected chi connectivity index (χ4v) is 2.28. The summed E-state index contributed by atoms with van der Waals surface area (Å²) in [5, 5.41) is 13.3. The van der Waals surface area contributed by atoms with E-state index in [-0.39, 0.29) is 5.56 Å². The van der Waals surface area contributed by atoms with E-state index in [4.69, 9.17) is 39.9 Å². The molecule has 0 aliphatic heterocycles. The zero-order chi connectivity index (χ0) is 14.7. The molecule has 0 heterocycles. The Bertz CT molecular complexity index is 659. The maximum atomic E-state index is 10.9. The van der Waals surface area contributed by atoms with Crippen LogP contribution in [0, 0.1) is 0 Å². The standard InChI is InChI=1S/C14H10Cl3NO2/c15-10-5-12(17)13(6-11(10)16)18-7-8-2-1-3-9(4-8)14(19)20/h1-6,18H,7H2,(H,19,20). The molecule has 0 radical (unpaired) electrons. The monoisotopic (exact) mass is 329 g/mol. The highest BCUT2D eigenvalue weighted by atomic mass is 35.5. The first-order valence-corrected chi connectivity index (χ1v) is 6.81. The van der Waals surface area contributed by atoms with E-state index in [0.29, 0.717) is 27.3 Å². The number of halogens is 3. The average molecular weight is 331 g/mol. The molecule has 0 aliphatic rings. The van der Waals surface area contributed by atoms with Gasteiger partial charge >= 0.3 is 5.97 Å². The third kappa shape index (κ3) is 3.57. The maximum Gasteiger partial charge on any atom is 0.335 e. The number of anilines is 1. The second-order valence-corrected chi connectivity index (χ2v) is 5.33. The van der Waals surface area contributed by atoms with E-state index in [9.17, 15) is 4.79 Å². The van der Waals surface area contributed by atoms with Crippen molar-refractivity contribution in [1.82, 2.24) is 0 Å². The van der Waals surface area contributed by atoms with Crippen LogP contribution in [0.4, 0.5) is 5.69 Å². The summed E-state index contributed by atoms with van der Waals surface area (Å²) in [6, 6.07) is 9.84. The van der Waals surface area contributed by atoms with Crippen molar-refractivity contribution in [3.63, 3.8) is 0 Å². The first kappa shape index (κ1) is 15.0. The molecule has 2 rings (SSSR count). The number of hydrogen-bond acceptors (Lipinski definition) is 2. The summed E-state index contributed by atoms with van der Waals surface area (Å²) in [7, 11) is 0. The highest BCUT2D eigenvalue weighted by molar-refractivity contribution is 6.44. The van der Waals surface area contributed by atoms with E-state index < -0.39 is 5.97 Å². The van der Waals surface area contributed by atoms with Crippen molar-refractivity contribution in [2.24, 2.45) is 0 Å². The van der Waals surface area contributed by atoms with Crippen LogP contribution in [0.25, 0.3) is 0 Å². The van der Waals surface area contributed by atoms with Crippen LogP contribution >= 0.6 is 34.8 Å². The molecule has 104 valence electrons. The molecular weight excluding hydrogens is 321 g/mol. The number of aromatic carboxylic acids is 1. The summed E-state index contributed by atoms with van der Waals surface area (Å²) in [5.74, 6) is -0.959. The SMILES string of the molecule is O=C(O)c1cccc(CNc2cc(Cl)c(Cl)cc2Cl)c1. The Labute approximate surface area is 131 Å². The molecule has 0 spiro atoms. The molecular formula is C14H10Cl3NO2. The van der Waals surface area contributed by atoms with Gasteiger partial charge in [-0.1, -0.05) is 46.9 Å². The Morgan fingerprint density at radius 3 is 2.45 bits per heavy atom. The van der Waals surface area contributed by atoms with Crippen LogP contribution in [0.15, 0.2) is 36.4 Å². The number of carboxylic acids is 1. The predicted molar refractivity (Wildman–Crippen MR) is 82.2 cm³/mol. The Hall–Kier alpha value is -1.42. The zero-order valence-electron chi connectivity index (χ0n) is 10.2. The minimum Gasteiger partial charge on any atom is -0.478 e. The van der Waals surface area contributed by atoms with Gasteiger partial charge in [-0.3, -0.25) is 0 Å². The summed E-state index contributed by atoms with van der Waals surface area (Å²) in [5.41, 5.74) is 1.71. The summed E-state index contributed by atoms with van der Waals surface area (Å²) in [4.78, 5) is 10.9. The van der Waals surface area contributed by atoms with Crippen LogP contribution in [-0.4, -0.2) is 11.1 Å². The molecule has 0 bridgehead atoms. The molecule has 6 heteroatoms. The minimum absolute atomic E-state index is 0.240. The molecule has 20 heavy (non-hydrogen) atoms. The van der Waals surface area contributed by atoms with Crippen molar-refractivity contribution in [3.05, 3.63) is 62.6 Å². The van der Waals surface area contributed by atoms with Gasteiger partial charge in [0, 0.05) is 6.54 Å². The molecule has 0 atom stereocenters. The number of benzene rings is 2. The van der Waals surface area contributed by atoms with Crippen molar-refractivity contribution in [2.45, 2.75) is 6.54 Å². The molecule has 0 saturated heterocycles. The molecule has 0 saturated carbocycles. The number of carboxylic acid groups (broad SMARTS) is 1. The molecule has 0 amide bonds. The van der Waals surface area contributed by atoms with Crippen LogP contribution in [0.2, 0.25) is 15.1 Å². The fourth-order valence-electron chi connectivity index (χ4n) is 1.67. The van der Waals surface area contributed by atoms with E-state index in [1.807, 2.05) is 6.07 Å². The van der Waals surface area contributed by atoms with Crippen molar-refractivity contribution in [1.29, 1.82) is 0 Å². The Balaban J connectivity index is 2.15. The normalized spacial score (nSPS) is 10.3. The van der Waals surface area contributed by atoms with Gasteiger partial charge in [0.25, 0.3) is 0 Å². The highest BCUT2D eigenvalue weighted by Crippen LogP contribution is 2.32. The highest BCUT2D eigenvalue weighted by Gasteiger charge is 2.07. The quantitative estimate of drug-likeness (QED) is 0.779. The lowest BCUT2D eigenvalue weighted by atomic mass is 10.1. The molecule has 2 aromatic rings. The van der Waals surface area contributed by atoms with E-state index in [1.54, 1.807) is 24.3 Å². The summed E-state index contributed by atoms with van der Waals surface area (Å²) >= 11 is 17.8. The van der Waals surface area contributed by atoms with Gasteiger partial charge in [0.1, 0.15) is 0 Å². The first-order valence-electron chi connectivity index (χ1n) is 5.68. The lowest BCUT2D eigenvalue weighted by Crippen LogP contribution is -2.02. The topological polar surface area (TPSA) is 49.3 Å². The lowest BCUT2D eigenvalue weighted by Gasteiger charge is -2.10. The minimum atomic E-state index is -0.959. The van der Waals surface area contributed by atoms with Crippen LogP contribution in [0.3, 0.4) is 0 Å². The Morgan fingerprint density at radius 2 is 1.75 bits per heavy atom. The maximum absolute atomic E-state index is 10.9. The molecule has 2 aromatic carbocycles. The van der Waals surface area contributed by atoms with Gasteiger partial charge in [-0.25, -0.2) is 4.79 Å². The van der Waals surface area contributed by atoms with E-state index >= 15 is 0 Å². The number of hydrogen-bond donors (Lipinski definition) is 2. The average Bonchev–Trinajstić information content (AvgIpc) is 2.41. The predicted octanol–water partition coefficient (Wildman–Crippen LogP) is 4.96. The number of nitrogens with one attached hydrogen (secondary N) is 1. The van der Waals surface area contributed by atoms with E-state index in [1.165, 1.54) is 6.07 Å². The van der Waals surface area contributed by atoms with Gasteiger partial charge in [-0.05, 0) is 29.8 Å². The first-order chi connectivity index (χ1) is 9.47. The van der Waals surface area contributed by atoms with Gasteiger partial charge in [-0.15, -0.1) is 0 Å². The van der Waals surface area contributed by atoms with Gasteiger partial charge in [-0.2, -0.15) is 0 Å². The van der Waals surface area contributed by atoms with Crippen LogP contribution < -0.4 is 5.32 Å². The molecule has 0 unspecified atom stereocenters. The summed E-state index contributed by atoms with van der Waals surface area (Å²) in [6.07, 6.45) is 0. The van der Waals surface area contributed by atoms with Gasteiger partial charge in [0.15, 0.2) is 0 Å². The molecule has 2 N–H and O–H groups in total. The Morgan fingerprint density at radius 1 is 1.05 bits per heavy atom. The van der Waals surface area contributed by atoms with Gasteiger partial charge < -0.3 is 10.4 Å². The number of rotatable bonds is 4. The summed E-state index contributed by atoms with van der Waals surface area (Å²) < 4.78 is 0. The number of carbonyl (C=O) groups is 1. The van der Waals surface area contributed by atoms with Crippen molar-refractivity contribution in [2.75, 3.05) is 5.32 Å². The fraction of sp³-hybridized carbons (Fsp3) is 0.0714. The van der Waals surface area contributed by atoms with Crippen molar-refractivity contribution < 1.29 is 9.90 Å². The molecule has 3 nitrogen and oxygen atoms in total. The van der Waals surface area contributed by atoms with Crippen molar-refractivity contribution >= 4 is 46.5 Å². The summed E-state index contributed by atoms with van der Waals surface area (Å²) in [6.45, 7) is 0.429. The second-order valence-electron chi connectivity index (χ2n) is 4.11. The van der Waals surface area contributed by atoms with Gasteiger partial charge in [0.2, 0.25) is 0 Å². The van der Waals surface area contributed by atoms with Crippen LogP contribution in [0.1, 0.15) is 15.9 Å². The van der Waals surface area contributed by atoms with Crippen molar-refractivity contribution in [3.8, 4) is 0 Å². The largest absolute Gasteiger partial charge is 0.478 e. The third-order valence-electron chi connectivity index (χ3n) is 2.67. The molecule has 0 fully saturated rings. The van der Waals surface area contributed by atoms with E-state index in [2.05, 4.69) is 5.32 Å². The zero-order valence-corrected chi connectivity index (χ0v) is 12.4. The molecule has 0 aliphatic carbocycles. The Kier molecular flexibility index (Phi) is 4.76.